The third kappa shape index (κ3) is 6.66. The summed E-state index contributed by atoms with van der Waals surface area (Å²) in [5.41, 5.74) is -1.78. The zero-order valence-corrected chi connectivity index (χ0v) is 22.7. The number of ether oxygens (including phenoxy) is 1. The van der Waals surface area contributed by atoms with Gasteiger partial charge in [-0.05, 0) is 24.3 Å². The van der Waals surface area contributed by atoms with Crippen LogP contribution in [0, 0.1) is 20.2 Å². The van der Waals surface area contributed by atoms with Crippen molar-refractivity contribution in [3.05, 3.63) is 101 Å². The van der Waals surface area contributed by atoms with Crippen LogP contribution >= 0.6 is 0 Å². The van der Waals surface area contributed by atoms with Crippen LogP contribution in [0.5, 0.6) is 5.75 Å². The Morgan fingerprint density at radius 2 is 1.77 bits per heavy atom. The zero-order valence-electron chi connectivity index (χ0n) is 21.8. The van der Waals surface area contributed by atoms with Crippen molar-refractivity contribution in [1.29, 1.82) is 0 Å². The molecule has 1 aromatic heterocycles. The number of phenols is 1. The highest BCUT2D eigenvalue weighted by molar-refractivity contribution is 7.89. The van der Waals surface area contributed by atoms with E-state index >= 15 is 0 Å². The molecule has 0 saturated carbocycles. The van der Waals surface area contributed by atoms with Gasteiger partial charge in [0, 0.05) is 30.4 Å². The monoisotopic (exact) mass is 635 g/mol. The number of nitrogens with one attached hydrogen (secondary N) is 3. The first kappa shape index (κ1) is 31.6. The molecule has 6 N–H and O–H groups in total. The van der Waals surface area contributed by atoms with Gasteiger partial charge in [0.1, 0.15) is 18.3 Å². The molecule has 3 aromatic rings. The van der Waals surface area contributed by atoms with Gasteiger partial charge in [0.15, 0.2) is 6.23 Å². The predicted molar refractivity (Wildman–Crippen MR) is 145 cm³/mol. The lowest BCUT2D eigenvalue weighted by Gasteiger charge is -2.16. The van der Waals surface area contributed by atoms with Crippen molar-refractivity contribution < 1.29 is 43.1 Å². The second-order valence-electron chi connectivity index (χ2n) is 9.06. The Kier molecular flexibility index (Phi) is 8.96. The molecule has 1 fully saturated rings. The number of hydrogen-bond acceptors (Lipinski definition) is 14. The zero-order chi connectivity index (χ0) is 32.3. The normalized spacial score (nSPS) is 20.0. The molecule has 0 aliphatic carbocycles. The lowest BCUT2D eigenvalue weighted by atomic mass is 10.1. The van der Waals surface area contributed by atoms with Gasteiger partial charge in [-0.15, -0.1) is 0 Å². The number of hydrogen-bond donors (Lipinski definition) is 6. The number of nitro groups is 2. The fourth-order valence-corrected chi connectivity index (χ4v) is 5.05. The van der Waals surface area contributed by atoms with E-state index in [1.54, 1.807) is 0 Å². The summed E-state index contributed by atoms with van der Waals surface area (Å²) in [5, 5.41) is 56.2. The number of aromatic nitrogens is 2. The minimum Gasteiger partial charge on any atom is -0.502 e. The highest BCUT2D eigenvalue weighted by Crippen LogP contribution is 2.33. The van der Waals surface area contributed by atoms with Crippen LogP contribution in [0.2, 0.25) is 0 Å². The number of benzene rings is 2. The maximum absolute atomic E-state index is 12.8. The Balaban J connectivity index is 1.39. The van der Waals surface area contributed by atoms with Gasteiger partial charge in [0.2, 0.25) is 15.8 Å². The van der Waals surface area contributed by atoms with Crippen molar-refractivity contribution in [2.45, 2.75) is 29.4 Å². The number of amides is 1. The molecule has 1 aliphatic heterocycles. The van der Waals surface area contributed by atoms with Gasteiger partial charge in [-0.3, -0.25) is 39.4 Å². The summed E-state index contributed by atoms with van der Waals surface area (Å²) in [6, 6.07) is 6.67. The van der Waals surface area contributed by atoms with Gasteiger partial charge < -0.3 is 20.1 Å². The Labute approximate surface area is 244 Å². The fraction of sp³-hybridized carbons (Fsp3) is 0.217. The average molecular weight is 636 g/mol. The molecule has 0 unspecified atom stereocenters. The molecule has 44 heavy (non-hydrogen) atoms. The SMILES string of the molecule is O=C(N/N=C/c1cc([N+](=O)[O-])cc([N+](=O)[O-])c1O)c1ccc(S(=O)(=O)NC[C@H]2O[C@@H](n3ccc(=O)[nH]c3=O)[C@H](O)[C@@H]2O)cc1. The van der Waals surface area contributed by atoms with E-state index in [0.717, 1.165) is 53.4 Å². The van der Waals surface area contributed by atoms with Crippen LogP contribution in [0.1, 0.15) is 22.1 Å². The smallest absolute Gasteiger partial charge is 0.330 e. The molecular weight excluding hydrogens is 614 g/mol. The lowest BCUT2D eigenvalue weighted by Crippen LogP contribution is -2.40. The highest BCUT2D eigenvalue weighted by Gasteiger charge is 2.44. The van der Waals surface area contributed by atoms with E-state index in [1.165, 1.54) is 0 Å². The van der Waals surface area contributed by atoms with Crippen LogP contribution in [-0.2, 0) is 14.8 Å². The summed E-state index contributed by atoms with van der Waals surface area (Å²) in [5.74, 6) is -1.80. The summed E-state index contributed by atoms with van der Waals surface area (Å²) in [6.07, 6.45) is -4.17. The highest BCUT2D eigenvalue weighted by atomic mass is 32.2. The molecular formula is C23H21N7O13S. The number of aliphatic hydroxyl groups is 2. The minimum atomic E-state index is -4.24. The number of aromatic hydroxyl groups is 1. The van der Waals surface area contributed by atoms with Crippen LogP contribution in [0.4, 0.5) is 11.4 Å². The number of sulfonamides is 1. The Morgan fingerprint density at radius 3 is 2.39 bits per heavy atom. The first-order valence-electron chi connectivity index (χ1n) is 12.1. The molecule has 0 bridgehead atoms. The molecule has 21 heteroatoms. The standard InChI is InChI=1S/C23H21N7O13S/c31-17-5-6-28(23(36)26-17)22-20(34)19(33)16(43-22)10-25-44(41,42)14-3-1-11(2-4-14)21(35)27-24-9-12-7-13(29(37)38)8-15(18(12)32)30(39)40/h1-9,16,19-20,22,25,32-34H,10H2,(H,27,35)(H,26,31,36)/b24-9+/t16-,19-,20-,22-/m1/s1. The number of non-ortho nitro benzene ring substituents is 1. The van der Waals surface area contributed by atoms with E-state index < -0.39 is 90.8 Å². The largest absolute Gasteiger partial charge is 0.502 e. The number of aliphatic hydroxyl groups excluding tert-OH is 2. The summed E-state index contributed by atoms with van der Waals surface area (Å²) >= 11 is 0. The Hall–Kier alpha value is -5.35. The van der Waals surface area contributed by atoms with Crippen LogP contribution in [0.3, 0.4) is 0 Å². The maximum atomic E-state index is 12.8. The number of nitrogens with zero attached hydrogens (tertiary/aromatic N) is 4. The van der Waals surface area contributed by atoms with E-state index in [2.05, 4.69) is 9.82 Å². The maximum Gasteiger partial charge on any atom is 0.330 e. The molecule has 4 rings (SSSR count). The van der Waals surface area contributed by atoms with Crippen LogP contribution in [-0.4, -0.2) is 80.1 Å². The second-order valence-corrected chi connectivity index (χ2v) is 10.8. The number of carbonyl (C=O) groups is 1. The molecule has 1 saturated heterocycles. The molecule has 20 nitrogen and oxygen atoms in total. The molecule has 0 radical (unpaired) electrons. The third-order valence-corrected chi connectivity index (χ3v) is 7.68. The molecule has 1 aliphatic rings. The number of nitro benzene ring substituents is 2. The van der Waals surface area contributed by atoms with E-state index in [-0.39, 0.29) is 10.5 Å². The number of aromatic amines is 1. The van der Waals surface area contributed by atoms with Crippen LogP contribution < -0.4 is 21.4 Å². The first-order valence-corrected chi connectivity index (χ1v) is 13.6. The number of H-pyrrole nitrogens is 1. The molecule has 0 spiro atoms. The van der Waals surface area contributed by atoms with E-state index in [9.17, 15) is 58.3 Å². The fourth-order valence-electron chi connectivity index (χ4n) is 4.01. The summed E-state index contributed by atoms with van der Waals surface area (Å²) in [7, 11) is -4.24. The number of hydrazone groups is 1. The number of carbonyl (C=O) groups excluding carboxylic acids is 1. The van der Waals surface area contributed by atoms with Crippen LogP contribution in [0.15, 0.2) is 68.2 Å². The summed E-state index contributed by atoms with van der Waals surface area (Å²) in [6.45, 7) is -0.533. The molecule has 4 atom stereocenters. The summed E-state index contributed by atoms with van der Waals surface area (Å²) in [4.78, 5) is 57.4. The van der Waals surface area contributed by atoms with Crippen molar-refractivity contribution in [1.82, 2.24) is 19.7 Å². The predicted octanol–water partition coefficient (Wildman–Crippen LogP) is -1.58. The van der Waals surface area contributed by atoms with Gasteiger partial charge in [-0.1, -0.05) is 0 Å². The minimum absolute atomic E-state index is 0.0952. The first-order chi connectivity index (χ1) is 20.7. The van der Waals surface area contributed by atoms with E-state index in [1.807, 2.05) is 10.4 Å². The van der Waals surface area contributed by atoms with Crippen molar-refractivity contribution >= 4 is 33.5 Å². The van der Waals surface area contributed by atoms with E-state index in [0.29, 0.717) is 6.07 Å². The quantitative estimate of drug-likeness (QED) is 0.0833. The molecule has 2 aromatic carbocycles. The van der Waals surface area contributed by atoms with E-state index in [4.69, 9.17) is 4.74 Å². The van der Waals surface area contributed by atoms with Crippen LogP contribution in [0.25, 0.3) is 0 Å². The topological polar surface area (TPSA) is 299 Å². The van der Waals surface area contributed by atoms with Gasteiger partial charge in [0.05, 0.1) is 32.6 Å². The van der Waals surface area contributed by atoms with Gasteiger partial charge >= 0.3 is 11.4 Å². The summed E-state index contributed by atoms with van der Waals surface area (Å²) < 4.78 is 34.0. The Morgan fingerprint density at radius 1 is 1.09 bits per heavy atom. The van der Waals surface area contributed by atoms with Crippen molar-refractivity contribution in [2.75, 3.05) is 6.54 Å². The lowest BCUT2D eigenvalue weighted by molar-refractivity contribution is -0.394. The average Bonchev–Trinajstić information content (AvgIpc) is 3.25. The number of phenolic OH excluding ortho intramolecular Hbond substituents is 1. The molecule has 2 heterocycles. The molecule has 1 amide bonds. The van der Waals surface area contributed by atoms with Crippen molar-refractivity contribution in [2.24, 2.45) is 5.10 Å². The van der Waals surface area contributed by atoms with Gasteiger partial charge in [0.25, 0.3) is 17.2 Å². The Bertz CT molecular complexity index is 1870. The third-order valence-electron chi connectivity index (χ3n) is 6.25. The van der Waals surface area contributed by atoms with Crippen molar-refractivity contribution in [3.63, 3.8) is 0 Å². The second kappa shape index (κ2) is 12.5. The van der Waals surface area contributed by atoms with Gasteiger partial charge in [-0.2, -0.15) is 5.10 Å². The van der Waals surface area contributed by atoms with Crippen molar-refractivity contribution in [3.8, 4) is 5.75 Å². The number of rotatable bonds is 10. The van der Waals surface area contributed by atoms with Gasteiger partial charge in [-0.25, -0.2) is 23.4 Å². The molecule has 232 valence electrons.